The van der Waals surface area contributed by atoms with E-state index in [1.807, 2.05) is 60.8 Å². The molecule has 2 heterocycles. The van der Waals surface area contributed by atoms with Crippen LogP contribution in [0.3, 0.4) is 0 Å². The predicted molar refractivity (Wildman–Crippen MR) is 103 cm³/mol. The van der Waals surface area contributed by atoms with Gasteiger partial charge in [0.15, 0.2) is 0 Å². The van der Waals surface area contributed by atoms with Gasteiger partial charge >= 0.3 is 0 Å². The van der Waals surface area contributed by atoms with Crippen LogP contribution < -0.4 is 10.2 Å². The first kappa shape index (κ1) is 17.0. The lowest BCUT2D eigenvalue weighted by Gasteiger charge is -2.23. The van der Waals surface area contributed by atoms with Gasteiger partial charge in [-0.25, -0.2) is 4.68 Å². The zero-order chi connectivity index (χ0) is 18.8. The maximum Gasteiger partial charge on any atom is 0.243 e. The lowest BCUT2D eigenvalue weighted by molar-refractivity contribution is -0.125. The van der Waals surface area contributed by atoms with Crippen LogP contribution in [0.15, 0.2) is 67.0 Å². The summed E-state index contributed by atoms with van der Waals surface area (Å²) >= 11 is 0. The van der Waals surface area contributed by atoms with Crippen LogP contribution in [-0.2, 0) is 22.6 Å². The third-order valence-corrected chi connectivity index (χ3v) is 4.74. The summed E-state index contributed by atoms with van der Waals surface area (Å²) in [5.74, 6) is -0.286. The molecule has 27 heavy (non-hydrogen) atoms. The van der Waals surface area contributed by atoms with Crippen LogP contribution in [0.5, 0.6) is 0 Å². The van der Waals surface area contributed by atoms with Gasteiger partial charge in [-0.2, -0.15) is 5.10 Å². The van der Waals surface area contributed by atoms with Crippen LogP contribution in [0.2, 0.25) is 0 Å². The van der Waals surface area contributed by atoms with Gasteiger partial charge in [-0.3, -0.25) is 14.5 Å². The van der Waals surface area contributed by atoms with Crippen LogP contribution in [0.1, 0.15) is 18.1 Å². The molecule has 1 aliphatic heterocycles. The minimum absolute atomic E-state index is 0.128. The Hall–Kier alpha value is -3.41. The van der Waals surface area contributed by atoms with E-state index in [1.54, 1.807) is 15.8 Å². The Bertz CT molecular complexity index is 981. The fourth-order valence-corrected chi connectivity index (χ4v) is 3.47. The van der Waals surface area contributed by atoms with Crippen LogP contribution in [0.25, 0.3) is 5.69 Å². The number of anilines is 1. The van der Waals surface area contributed by atoms with Gasteiger partial charge in [0.2, 0.25) is 11.8 Å². The molecule has 0 spiro atoms. The van der Waals surface area contributed by atoms with Gasteiger partial charge in [0.1, 0.15) is 6.04 Å². The molecule has 0 saturated carbocycles. The second-order valence-electron chi connectivity index (χ2n) is 6.58. The van der Waals surface area contributed by atoms with Crippen LogP contribution in [0.4, 0.5) is 5.69 Å². The van der Waals surface area contributed by atoms with E-state index in [9.17, 15) is 9.59 Å². The van der Waals surface area contributed by atoms with Gasteiger partial charge < -0.3 is 5.32 Å². The van der Waals surface area contributed by atoms with Crippen molar-refractivity contribution in [3.8, 4) is 5.69 Å². The summed E-state index contributed by atoms with van der Waals surface area (Å²) in [6.45, 7) is 1.86. The van der Waals surface area contributed by atoms with E-state index >= 15 is 0 Å². The number of fused-ring (bicyclic) bond motifs is 1. The normalized spacial score (nSPS) is 15.4. The monoisotopic (exact) mass is 360 g/mol. The molecule has 6 heteroatoms. The molecular formula is C21H20N4O2. The standard InChI is InChI=1S/C21H20N4O2/c1-15(26)25-19-10-6-5-7-17(19)11-20(25)21(27)22-12-16-13-23-24(14-16)18-8-3-2-4-9-18/h2-10,13-14,20H,11-12H2,1H3,(H,22,27)/t20-/m0/s1. The smallest absolute Gasteiger partial charge is 0.243 e. The van der Waals surface area contributed by atoms with Crippen molar-refractivity contribution in [1.82, 2.24) is 15.1 Å². The van der Waals surface area contributed by atoms with Gasteiger partial charge in [-0.1, -0.05) is 36.4 Å². The fraction of sp³-hybridized carbons (Fsp3) is 0.190. The SMILES string of the molecule is CC(=O)N1c2ccccc2C[C@H]1C(=O)NCc1cnn(-c2ccccc2)c1. The Labute approximate surface area is 157 Å². The highest BCUT2D eigenvalue weighted by Gasteiger charge is 2.36. The van der Waals surface area contributed by atoms with Crippen LogP contribution in [0, 0.1) is 0 Å². The van der Waals surface area contributed by atoms with E-state index < -0.39 is 6.04 Å². The summed E-state index contributed by atoms with van der Waals surface area (Å²) in [5, 5.41) is 7.28. The van der Waals surface area contributed by atoms with Crippen LogP contribution >= 0.6 is 0 Å². The number of carbonyl (C=O) groups is 2. The van der Waals surface area contributed by atoms with E-state index in [2.05, 4.69) is 10.4 Å². The Balaban J connectivity index is 1.44. The average molecular weight is 360 g/mol. The minimum Gasteiger partial charge on any atom is -0.350 e. The summed E-state index contributed by atoms with van der Waals surface area (Å²) in [4.78, 5) is 26.4. The van der Waals surface area contributed by atoms with Gasteiger partial charge in [0.05, 0.1) is 11.9 Å². The Morgan fingerprint density at radius 3 is 2.63 bits per heavy atom. The number of amides is 2. The highest BCUT2D eigenvalue weighted by molar-refractivity contribution is 6.02. The van der Waals surface area contributed by atoms with Crippen molar-refractivity contribution >= 4 is 17.5 Å². The lowest BCUT2D eigenvalue weighted by atomic mass is 10.1. The molecule has 0 aliphatic carbocycles. The van der Waals surface area contributed by atoms with Crippen molar-refractivity contribution in [3.05, 3.63) is 78.1 Å². The molecule has 1 atom stereocenters. The first-order valence-corrected chi connectivity index (χ1v) is 8.88. The molecule has 136 valence electrons. The summed E-state index contributed by atoms with van der Waals surface area (Å²) in [5.41, 5.74) is 3.70. The van der Waals surface area contributed by atoms with E-state index in [0.717, 1.165) is 22.5 Å². The van der Waals surface area contributed by atoms with Crippen molar-refractivity contribution in [2.45, 2.75) is 25.9 Å². The highest BCUT2D eigenvalue weighted by atomic mass is 16.2. The first-order valence-electron chi connectivity index (χ1n) is 8.88. The zero-order valence-corrected chi connectivity index (χ0v) is 15.0. The van der Waals surface area contributed by atoms with E-state index in [4.69, 9.17) is 0 Å². The molecule has 1 N–H and O–H groups in total. The number of carbonyl (C=O) groups excluding carboxylic acids is 2. The number of hydrogen-bond donors (Lipinski definition) is 1. The Kier molecular flexibility index (Phi) is 4.46. The number of nitrogens with one attached hydrogen (secondary N) is 1. The number of benzene rings is 2. The number of rotatable bonds is 4. The molecule has 1 aromatic heterocycles. The Morgan fingerprint density at radius 1 is 1.11 bits per heavy atom. The summed E-state index contributed by atoms with van der Waals surface area (Å²) in [6, 6.07) is 16.9. The highest BCUT2D eigenvalue weighted by Crippen LogP contribution is 2.32. The third kappa shape index (κ3) is 3.33. The summed E-state index contributed by atoms with van der Waals surface area (Å²) in [7, 11) is 0. The average Bonchev–Trinajstić information content (AvgIpc) is 3.31. The molecule has 0 fully saturated rings. The zero-order valence-electron chi connectivity index (χ0n) is 15.0. The Morgan fingerprint density at radius 2 is 1.85 bits per heavy atom. The molecule has 6 nitrogen and oxygen atoms in total. The largest absolute Gasteiger partial charge is 0.350 e. The molecule has 0 unspecified atom stereocenters. The van der Waals surface area contributed by atoms with Gasteiger partial charge in [0, 0.05) is 37.3 Å². The number of hydrogen-bond acceptors (Lipinski definition) is 3. The second-order valence-corrected chi connectivity index (χ2v) is 6.58. The van der Waals surface area contributed by atoms with E-state index in [-0.39, 0.29) is 11.8 Å². The molecule has 0 bridgehead atoms. The predicted octanol–water partition coefficient (Wildman–Crippen LogP) is 2.47. The molecule has 3 aromatic rings. The fourth-order valence-electron chi connectivity index (χ4n) is 3.47. The maximum absolute atomic E-state index is 12.7. The van der Waals surface area contributed by atoms with Crippen molar-refractivity contribution in [2.24, 2.45) is 0 Å². The molecule has 4 rings (SSSR count). The van der Waals surface area contributed by atoms with E-state index in [1.165, 1.54) is 6.92 Å². The maximum atomic E-state index is 12.7. The molecule has 0 saturated heterocycles. The summed E-state index contributed by atoms with van der Waals surface area (Å²) < 4.78 is 1.77. The van der Waals surface area contributed by atoms with Crippen LogP contribution in [-0.4, -0.2) is 27.6 Å². The van der Waals surface area contributed by atoms with Gasteiger partial charge in [-0.05, 0) is 23.8 Å². The van der Waals surface area contributed by atoms with Crippen molar-refractivity contribution < 1.29 is 9.59 Å². The molecule has 1 aliphatic rings. The molecule has 0 radical (unpaired) electrons. The number of aromatic nitrogens is 2. The molecule has 2 amide bonds. The summed E-state index contributed by atoms with van der Waals surface area (Å²) in [6.07, 6.45) is 4.16. The third-order valence-electron chi connectivity index (χ3n) is 4.74. The topological polar surface area (TPSA) is 67.2 Å². The molecule has 2 aromatic carbocycles. The quantitative estimate of drug-likeness (QED) is 0.777. The lowest BCUT2D eigenvalue weighted by Crippen LogP contribution is -2.47. The van der Waals surface area contributed by atoms with Gasteiger partial charge in [0.25, 0.3) is 0 Å². The molecular weight excluding hydrogens is 340 g/mol. The number of para-hydroxylation sites is 2. The minimum atomic E-state index is -0.510. The number of nitrogens with zero attached hydrogens (tertiary/aromatic N) is 3. The second kappa shape index (κ2) is 7.07. The first-order chi connectivity index (χ1) is 13.1. The van der Waals surface area contributed by atoms with E-state index in [0.29, 0.717) is 13.0 Å². The van der Waals surface area contributed by atoms with Crippen molar-refractivity contribution in [3.63, 3.8) is 0 Å². The van der Waals surface area contributed by atoms with Crippen molar-refractivity contribution in [1.29, 1.82) is 0 Å². The van der Waals surface area contributed by atoms with Crippen molar-refractivity contribution in [2.75, 3.05) is 4.90 Å². The van der Waals surface area contributed by atoms with Gasteiger partial charge in [-0.15, -0.1) is 0 Å².